The van der Waals surface area contributed by atoms with E-state index in [0.29, 0.717) is 0 Å². The number of hydrogen-bond donors (Lipinski definition) is 1. The summed E-state index contributed by atoms with van der Waals surface area (Å²) in [4.78, 5) is 0. The standard InChI is InChI=1S/C13H20O.CH3.Y/c1-6-12-8(2)10(4)13(7-14)11(5)9(12)3;;/h14H,6-7H2,1-5H3;1H3;/q;-1;. The Labute approximate surface area is 126 Å². The minimum atomic E-state index is 0. The maximum absolute atomic E-state index is 9.31. The summed E-state index contributed by atoms with van der Waals surface area (Å²) in [5, 5.41) is 9.31. The van der Waals surface area contributed by atoms with Gasteiger partial charge in [-0.2, -0.15) is 0 Å². The van der Waals surface area contributed by atoms with Crippen molar-refractivity contribution in [3.05, 3.63) is 40.8 Å². The first kappa shape index (κ1) is 18.6. The summed E-state index contributed by atoms with van der Waals surface area (Å²) in [7, 11) is 0. The Balaban J connectivity index is 0. The molecule has 0 aromatic heterocycles. The van der Waals surface area contributed by atoms with E-state index in [1.165, 1.54) is 27.8 Å². The number of hydrogen-bond acceptors (Lipinski definition) is 1. The van der Waals surface area contributed by atoms with Gasteiger partial charge in [-0.1, -0.05) is 6.92 Å². The fraction of sp³-hybridized carbons (Fsp3) is 0.500. The van der Waals surface area contributed by atoms with Gasteiger partial charge in [0.25, 0.3) is 0 Å². The maximum Gasteiger partial charge on any atom is 0.0687 e. The molecule has 0 fully saturated rings. The van der Waals surface area contributed by atoms with Crippen molar-refractivity contribution in [1.29, 1.82) is 0 Å². The number of benzene rings is 1. The Kier molecular flexibility index (Phi) is 8.83. The van der Waals surface area contributed by atoms with Gasteiger partial charge in [0, 0.05) is 32.7 Å². The van der Waals surface area contributed by atoms with Crippen molar-refractivity contribution >= 4 is 0 Å². The first-order valence-corrected chi connectivity index (χ1v) is 5.23. The molecular formula is C14H23OY-. The molecule has 1 aromatic carbocycles. The van der Waals surface area contributed by atoms with E-state index in [1.54, 1.807) is 0 Å². The topological polar surface area (TPSA) is 20.2 Å². The second-order valence-electron chi connectivity index (χ2n) is 3.97. The van der Waals surface area contributed by atoms with Crippen molar-refractivity contribution in [3.8, 4) is 0 Å². The molecule has 0 spiro atoms. The van der Waals surface area contributed by atoms with Crippen LogP contribution in [-0.2, 0) is 45.7 Å². The molecule has 1 nitrogen and oxygen atoms in total. The first-order valence-electron chi connectivity index (χ1n) is 5.23. The van der Waals surface area contributed by atoms with Crippen molar-refractivity contribution < 1.29 is 37.8 Å². The smallest absolute Gasteiger partial charge is 0.0687 e. The Morgan fingerprint density at radius 1 is 0.812 bits per heavy atom. The van der Waals surface area contributed by atoms with Gasteiger partial charge in [0.15, 0.2) is 0 Å². The molecule has 0 aliphatic carbocycles. The predicted octanol–water partition coefficient (Wildman–Crippen LogP) is 3.42. The van der Waals surface area contributed by atoms with Crippen LogP contribution in [0.2, 0.25) is 0 Å². The Morgan fingerprint density at radius 2 is 1.12 bits per heavy atom. The molecule has 0 unspecified atom stereocenters. The maximum atomic E-state index is 9.31. The van der Waals surface area contributed by atoms with Crippen LogP contribution in [-0.4, -0.2) is 5.11 Å². The van der Waals surface area contributed by atoms with E-state index < -0.39 is 0 Å². The molecule has 0 aliphatic heterocycles. The summed E-state index contributed by atoms with van der Waals surface area (Å²) >= 11 is 0. The number of aliphatic hydroxyl groups is 1. The Morgan fingerprint density at radius 3 is 1.38 bits per heavy atom. The second-order valence-corrected chi connectivity index (χ2v) is 3.97. The zero-order chi connectivity index (χ0) is 10.9. The summed E-state index contributed by atoms with van der Waals surface area (Å²) in [6.45, 7) is 10.9. The van der Waals surface area contributed by atoms with Gasteiger partial charge in [-0.3, -0.25) is 0 Å². The number of rotatable bonds is 2. The third-order valence-electron chi connectivity index (χ3n) is 3.45. The minimum absolute atomic E-state index is 0. The summed E-state index contributed by atoms with van der Waals surface area (Å²) in [6, 6.07) is 0. The van der Waals surface area contributed by atoms with Gasteiger partial charge in [-0.15, -0.1) is 0 Å². The van der Waals surface area contributed by atoms with Crippen LogP contribution in [0.15, 0.2) is 0 Å². The van der Waals surface area contributed by atoms with E-state index in [0.717, 1.165) is 12.0 Å². The van der Waals surface area contributed by atoms with Gasteiger partial charge in [0.05, 0.1) is 6.61 Å². The summed E-state index contributed by atoms with van der Waals surface area (Å²) in [5.41, 5.74) is 7.76. The van der Waals surface area contributed by atoms with Crippen LogP contribution in [0.5, 0.6) is 0 Å². The molecule has 0 amide bonds. The van der Waals surface area contributed by atoms with Crippen molar-refractivity contribution in [2.75, 3.05) is 0 Å². The van der Waals surface area contributed by atoms with Gasteiger partial charge in [0.1, 0.15) is 0 Å². The largest absolute Gasteiger partial charge is 0.392 e. The molecular weight excluding hydrogens is 273 g/mol. The zero-order valence-electron chi connectivity index (χ0n) is 11.4. The summed E-state index contributed by atoms with van der Waals surface area (Å²) in [6.07, 6.45) is 1.07. The van der Waals surface area contributed by atoms with Gasteiger partial charge in [0.2, 0.25) is 0 Å². The zero-order valence-corrected chi connectivity index (χ0v) is 14.3. The minimum Gasteiger partial charge on any atom is -0.392 e. The fourth-order valence-electron chi connectivity index (χ4n) is 2.24. The van der Waals surface area contributed by atoms with Crippen LogP contribution in [0.4, 0.5) is 0 Å². The molecule has 1 radical (unpaired) electrons. The molecule has 0 atom stereocenters. The van der Waals surface area contributed by atoms with Crippen molar-refractivity contribution in [1.82, 2.24) is 0 Å². The van der Waals surface area contributed by atoms with E-state index in [1.807, 2.05) is 0 Å². The molecule has 16 heavy (non-hydrogen) atoms. The predicted molar refractivity (Wildman–Crippen MR) is 67.1 cm³/mol. The van der Waals surface area contributed by atoms with Crippen molar-refractivity contribution in [2.24, 2.45) is 0 Å². The van der Waals surface area contributed by atoms with Crippen LogP contribution in [0.3, 0.4) is 0 Å². The molecule has 2 heteroatoms. The van der Waals surface area contributed by atoms with E-state index in [-0.39, 0.29) is 46.7 Å². The molecule has 0 bridgehead atoms. The monoisotopic (exact) mass is 296 g/mol. The average molecular weight is 296 g/mol. The molecule has 0 saturated carbocycles. The van der Waals surface area contributed by atoms with Gasteiger partial charge in [-0.25, -0.2) is 0 Å². The molecule has 0 heterocycles. The van der Waals surface area contributed by atoms with Crippen LogP contribution < -0.4 is 0 Å². The third-order valence-corrected chi connectivity index (χ3v) is 3.45. The molecule has 1 rings (SSSR count). The molecule has 0 saturated heterocycles. The van der Waals surface area contributed by atoms with E-state index in [9.17, 15) is 5.11 Å². The first-order chi connectivity index (χ1) is 6.54. The normalized spacial score (nSPS) is 9.38. The number of aliphatic hydroxyl groups excluding tert-OH is 1. The van der Waals surface area contributed by atoms with Gasteiger partial charge < -0.3 is 12.5 Å². The Hall–Kier alpha value is 0.284. The molecule has 89 valence electrons. The molecule has 1 aromatic rings. The van der Waals surface area contributed by atoms with Crippen LogP contribution in [0.1, 0.15) is 40.3 Å². The average Bonchev–Trinajstić information content (AvgIpc) is 2.17. The summed E-state index contributed by atoms with van der Waals surface area (Å²) in [5.74, 6) is 0. The third kappa shape index (κ3) is 3.15. The van der Waals surface area contributed by atoms with Crippen molar-refractivity contribution in [2.45, 2.75) is 47.6 Å². The van der Waals surface area contributed by atoms with Crippen LogP contribution >= 0.6 is 0 Å². The molecule has 0 aliphatic rings. The van der Waals surface area contributed by atoms with Crippen LogP contribution in [0.25, 0.3) is 0 Å². The van der Waals surface area contributed by atoms with Crippen molar-refractivity contribution in [3.63, 3.8) is 0 Å². The van der Waals surface area contributed by atoms with E-state index >= 15 is 0 Å². The molecule has 1 N–H and O–H groups in total. The van der Waals surface area contributed by atoms with Gasteiger partial charge >= 0.3 is 0 Å². The second kappa shape index (κ2) is 7.58. The van der Waals surface area contributed by atoms with E-state index in [2.05, 4.69) is 34.6 Å². The fourth-order valence-corrected chi connectivity index (χ4v) is 2.24. The van der Waals surface area contributed by atoms with Crippen LogP contribution in [0, 0.1) is 35.1 Å². The van der Waals surface area contributed by atoms with E-state index in [4.69, 9.17) is 0 Å². The SMILES string of the molecule is CCc1c(C)c(C)c(CO)c(C)c1C.[CH3-].[Y]. The quantitative estimate of drug-likeness (QED) is 0.829. The summed E-state index contributed by atoms with van der Waals surface area (Å²) < 4.78 is 0. The van der Waals surface area contributed by atoms with Gasteiger partial charge in [-0.05, 0) is 67.5 Å². The Bertz CT molecular complexity index is 292.